The van der Waals surface area contributed by atoms with Crippen LogP contribution in [-0.2, 0) is 6.61 Å². The summed E-state index contributed by atoms with van der Waals surface area (Å²) in [7, 11) is 0. The highest BCUT2D eigenvalue weighted by atomic mass is 35.5. The average molecular weight is 297 g/mol. The Morgan fingerprint density at radius 3 is 2.63 bits per heavy atom. The Morgan fingerprint density at radius 2 is 1.89 bits per heavy atom. The van der Waals surface area contributed by atoms with Gasteiger partial charge in [0.2, 0.25) is 0 Å². The Bertz CT molecular complexity index is 568. The standard InChI is InChI=1S/C15H14Cl2O2/c1-10(18)13-4-2-3-5-15(13)19-9-11-8-12(16)6-7-14(11)17/h2-8,10,18H,9H2,1H3/t10-/m0/s1. The van der Waals surface area contributed by atoms with Gasteiger partial charge in [-0.1, -0.05) is 41.4 Å². The second kappa shape index (κ2) is 6.29. The predicted octanol–water partition coefficient (Wildman–Crippen LogP) is 4.63. The summed E-state index contributed by atoms with van der Waals surface area (Å²) >= 11 is 12.0. The molecule has 2 aromatic rings. The monoisotopic (exact) mass is 296 g/mol. The molecule has 0 aromatic heterocycles. The first-order valence-electron chi connectivity index (χ1n) is 5.91. The molecule has 100 valence electrons. The second-order valence-corrected chi connectivity index (χ2v) is 5.08. The van der Waals surface area contributed by atoms with Crippen LogP contribution in [0.5, 0.6) is 5.75 Å². The zero-order valence-electron chi connectivity index (χ0n) is 10.4. The zero-order chi connectivity index (χ0) is 13.8. The van der Waals surface area contributed by atoms with Gasteiger partial charge < -0.3 is 9.84 Å². The fourth-order valence-electron chi connectivity index (χ4n) is 1.77. The lowest BCUT2D eigenvalue weighted by atomic mass is 10.1. The topological polar surface area (TPSA) is 29.5 Å². The third kappa shape index (κ3) is 3.63. The SMILES string of the molecule is C[C@H](O)c1ccccc1OCc1cc(Cl)ccc1Cl. The molecule has 0 bridgehead atoms. The summed E-state index contributed by atoms with van der Waals surface area (Å²) in [4.78, 5) is 0. The highest BCUT2D eigenvalue weighted by Crippen LogP contribution is 2.27. The number of benzene rings is 2. The van der Waals surface area contributed by atoms with Crippen LogP contribution < -0.4 is 4.74 Å². The normalized spacial score (nSPS) is 12.2. The molecule has 0 spiro atoms. The molecule has 2 nitrogen and oxygen atoms in total. The van der Waals surface area contributed by atoms with Crippen LogP contribution in [0.25, 0.3) is 0 Å². The minimum absolute atomic E-state index is 0.309. The van der Waals surface area contributed by atoms with Crippen LogP contribution >= 0.6 is 23.2 Å². The number of ether oxygens (including phenoxy) is 1. The van der Waals surface area contributed by atoms with E-state index in [-0.39, 0.29) is 0 Å². The van der Waals surface area contributed by atoms with Gasteiger partial charge in [-0.2, -0.15) is 0 Å². The Morgan fingerprint density at radius 1 is 1.16 bits per heavy atom. The van der Waals surface area contributed by atoms with Crippen molar-refractivity contribution >= 4 is 23.2 Å². The lowest BCUT2D eigenvalue weighted by Crippen LogP contribution is -2.01. The quantitative estimate of drug-likeness (QED) is 0.891. The van der Waals surface area contributed by atoms with Gasteiger partial charge in [0.15, 0.2) is 0 Å². The molecule has 0 radical (unpaired) electrons. The minimum atomic E-state index is -0.578. The van der Waals surface area contributed by atoms with E-state index in [2.05, 4.69) is 0 Å². The lowest BCUT2D eigenvalue weighted by molar-refractivity contribution is 0.190. The van der Waals surface area contributed by atoms with Crippen molar-refractivity contribution in [3.05, 3.63) is 63.6 Å². The second-order valence-electron chi connectivity index (χ2n) is 4.24. The molecule has 0 aliphatic carbocycles. The van der Waals surface area contributed by atoms with Crippen LogP contribution in [0, 0.1) is 0 Å². The molecule has 0 unspecified atom stereocenters. The molecule has 0 aliphatic rings. The van der Waals surface area contributed by atoms with Gasteiger partial charge in [0, 0.05) is 21.2 Å². The summed E-state index contributed by atoms with van der Waals surface area (Å²) in [6.45, 7) is 2.01. The van der Waals surface area contributed by atoms with E-state index in [0.29, 0.717) is 22.4 Å². The Labute approximate surface area is 122 Å². The van der Waals surface area contributed by atoms with Crippen LogP contribution in [0.3, 0.4) is 0 Å². The number of hydrogen-bond donors (Lipinski definition) is 1. The van der Waals surface area contributed by atoms with E-state index in [1.54, 1.807) is 25.1 Å². The maximum atomic E-state index is 9.67. The maximum absolute atomic E-state index is 9.67. The van der Waals surface area contributed by atoms with Crippen LogP contribution in [-0.4, -0.2) is 5.11 Å². The van der Waals surface area contributed by atoms with Gasteiger partial charge in [0.1, 0.15) is 12.4 Å². The van der Waals surface area contributed by atoms with Crippen LogP contribution in [0.2, 0.25) is 10.0 Å². The molecule has 0 saturated heterocycles. The van der Waals surface area contributed by atoms with Gasteiger partial charge in [0.25, 0.3) is 0 Å². The van der Waals surface area contributed by atoms with Gasteiger partial charge in [-0.05, 0) is 31.2 Å². The Balaban J connectivity index is 2.17. The van der Waals surface area contributed by atoms with E-state index in [9.17, 15) is 5.11 Å². The molecular weight excluding hydrogens is 283 g/mol. The summed E-state index contributed by atoms with van der Waals surface area (Å²) in [6.07, 6.45) is -0.578. The van der Waals surface area contributed by atoms with Crippen LogP contribution in [0.4, 0.5) is 0 Å². The third-order valence-electron chi connectivity index (χ3n) is 2.76. The van der Waals surface area contributed by atoms with Gasteiger partial charge in [-0.15, -0.1) is 0 Å². The molecule has 4 heteroatoms. The summed E-state index contributed by atoms with van der Waals surface area (Å²) < 4.78 is 5.72. The fraction of sp³-hybridized carbons (Fsp3) is 0.200. The lowest BCUT2D eigenvalue weighted by Gasteiger charge is -2.14. The molecule has 0 aliphatic heterocycles. The number of aliphatic hydroxyl groups excluding tert-OH is 1. The number of hydrogen-bond acceptors (Lipinski definition) is 2. The largest absolute Gasteiger partial charge is 0.488 e. The molecule has 0 heterocycles. The third-order valence-corrected chi connectivity index (χ3v) is 3.36. The molecule has 0 amide bonds. The van der Waals surface area contributed by atoms with Crippen molar-refractivity contribution in [3.63, 3.8) is 0 Å². The Kier molecular flexibility index (Phi) is 4.70. The number of para-hydroxylation sites is 1. The van der Waals surface area contributed by atoms with Crippen molar-refractivity contribution in [1.29, 1.82) is 0 Å². The Hall–Kier alpha value is -1.22. The van der Waals surface area contributed by atoms with Crippen LogP contribution in [0.1, 0.15) is 24.2 Å². The van der Waals surface area contributed by atoms with Crippen molar-refractivity contribution in [2.45, 2.75) is 19.6 Å². The first kappa shape index (κ1) is 14.2. The zero-order valence-corrected chi connectivity index (χ0v) is 11.9. The average Bonchev–Trinajstić information content (AvgIpc) is 2.40. The molecule has 1 N–H and O–H groups in total. The first-order valence-corrected chi connectivity index (χ1v) is 6.67. The predicted molar refractivity (Wildman–Crippen MR) is 77.9 cm³/mol. The highest BCUT2D eigenvalue weighted by Gasteiger charge is 2.09. The first-order chi connectivity index (χ1) is 9.08. The molecule has 2 aromatic carbocycles. The number of aliphatic hydroxyl groups is 1. The van der Waals surface area contributed by atoms with Crippen LogP contribution in [0.15, 0.2) is 42.5 Å². The van der Waals surface area contributed by atoms with E-state index < -0.39 is 6.10 Å². The fourth-order valence-corrected chi connectivity index (χ4v) is 2.13. The van der Waals surface area contributed by atoms with E-state index >= 15 is 0 Å². The van der Waals surface area contributed by atoms with E-state index in [1.807, 2.05) is 24.3 Å². The summed E-state index contributed by atoms with van der Waals surface area (Å²) in [5.74, 6) is 0.647. The van der Waals surface area contributed by atoms with Crippen molar-refractivity contribution < 1.29 is 9.84 Å². The van der Waals surface area contributed by atoms with Crippen molar-refractivity contribution in [1.82, 2.24) is 0 Å². The van der Waals surface area contributed by atoms with Gasteiger partial charge in [-0.3, -0.25) is 0 Å². The van der Waals surface area contributed by atoms with E-state index in [1.165, 1.54) is 0 Å². The van der Waals surface area contributed by atoms with Crippen molar-refractivity contribution in [2.24, 2.45) is 0 Å². The molecule has 1 atom stereocenters. The summed E-state index contributed by atoms with van der Waals surface area (Å²) in [5, 5.41) is 10.9. The number of rotatable bonds is 4. The van der Waals surface area contributed by atoms with Crippen molar-refractivity contribution in [2.75, 3.05) is 0 Å². The molecule has 0 fully saturated rings. The van der Waals surface area contributed by atoms with Crippen molar-refractivity contribution in [3.8, 4) is 5.75 Å². The summed E-state index contributed by atoms with van der Waals surface area (Å²) in [6, 6.07) is 12.6. The number of halogens is 2. The molecule has 2 rings (SSSR count). The summed E-state index contributed by atoms with van der Waals surface area (Å²) in [5.41, 5.74) is 1.57. The molecule has 19 heavy (non-hydrogen) atoms. The van der Waals surface area contributed by atoms with Gasteiger partial charge in [-0.25, -0.2) is 0 Å². The smallest absolute Gasteiger partial charge is 0.125 e. The highest BCUT2D eigenvalue weighted by molar-refractivity contribution is 6.33. The molecular formula is C15H14Cl2O2. The van der Waals surface area contributed by atoms with E-state index in [4.69, 9.17) is 27.9 Å². The molecule has 0 saturated carbocycles. The van der Waals surface area contributed by atoms with Gasteiger partial charge in [0.05, 0.1) is 6.10 Å². The minimum Gasteiger partial charge on any atom is -0.488 e. The van der Waals surface area contributed by atoms with E-state index in [0.717, 1.165) is 11.1 Å². The maximum Gasteiger partial charge on any atom is 0.125 e. The van der Waals surface area contributed by atoms with Gasteiger partial charge >= 0.3 is 0 Å².